The number of rotatable bonds is 5. The van der Waals surface area contributed by atoms with E-state index in [2.05, 4.69) is 9.05 Å². The van der Waals surface area contributed by atoms with E-state index >= 15 is 0 Å². The fourth-order valence-electron chi connectivity index (χ4n) is 0.373. The highest BCUT2D eigenvalue weighted by Crippen LogP contribution is 2.68. The molecule has 0 spiro atoms. The van der Waals surface area contributed by atoms with Crippen LogP contribution in [0.2, 0.25) is 0 Å². The lowest BCUT2D eigenvalue weighted by molar-refractivity contribution is 0.117. The highest BCUT2D eigenvalue weighted by Gasteiger charge is 2.56. The van der Waals surface area contributed by atoms with Gasteiger partial charge in [-0.05, 0) is 45.0 Å². The van der Waals surface area contributed by atoms with Gasteiger partial charge in [0.1, 0.15) is 0 Å². The molecule has 98 valence electrons. The van der Waals surface area contributed by atoms with Gasteiger partial charge in [0.05, 0.1) is 0 Å². The molecule has 0 radical (unpaired) electrons. The lowest BCUT2D eigenvalue weighted by Crippen LogP contribution is -2.38. The summed E-state index contributed by atoms with van der Waals surface area (Å²) in [7, 11) is 0. The minimum Gasteiger partial charge on any atom is -0.263 e. The molecule has 14 heteroatoms. The standard InChI is InChI=1S/C2Cl8O4P2/c3-1(4,13-15(7,8)11)2(5,6)14-16(9,10)12. The van der Waals surface area contributed by atoms with E-state index < -0.39 is 21.2 Å². The molecule has 0 aliphatic carbocycles. The van der Waals surface area contributed by atoms with E-state index in [1.165, 1.54) is 0 Å². The normalized spacial score (nSPS) is 15.2. The molecule has 0 unspecified atom stereocenters. The SMILES string of the molecule is O=P(Cl)(Cl)OC(Cl)(Cl)C(Cl)(Cl)OP(=O)(Cl)Cl. The molecule has 0 saturated carbocycles. The maximum absolute atomic E-state index is 10.9. The van der Waals surface area contributed by atoms with Crippen molar-refractivity contribution in [3.05, 3.63) is 0 Å². The molecule has 0 aliphatic heterocycles. The lowest BCUT2D eigenvalue weighted by Gasteiger charge is -2.31. The van der Waals surface area contributed by atoms with Gasteiger partial charge in [-0.15, -0.1) is 0 Å². The number of alkyl halides is 4. The van der Waals surface area contributed by atoms with Crippen molar-refractivity contribution >= 4 is 104 Å². The first-order chi connectivity index (χ1) is 6.66. The third kappa shape index (κ3) is 7.33. The van der Waals surface area contributed by atoms with Gasteiger partial charge in [-0.1, -0.05) is 46.4 Å². The van der Waals surface area contributed by atoms with Crippen LogP contribution in [-0.4, -0.2) is 9.04 Å². The molecule has 0 heterocycles. The fraction of sp³-hybridized carbons (Fsp3) is 1.00. The second kappa shape index (κ2) is 5.99. The molecule has 0 fully saturated rings. The van der Waals surface area contributed by atoms with E-state index in [0.29, 0.717) is 0 Å². The van der Waals surface area contributed by atoms with Crippen molar-refractivity contribution in [3.8, 4) is 0 Å². The Hall–Kier alpha value is 2.70. The van der Waals surface area contributed by atoms with Crippen molar-refractivity contribution < 1.29 is 18.2 Å². The molecule has 0 aromatic heterocycles. The van der Waals surface area contributed by atoms with Crippen molar-refractivity contribution in [3.63, 3.8) is 0 Å². The molecule has 0 saturated heterocycles. The predicted octanol–water partition coefficient (Wildman–Crippen LogP) is 6.45. The van der Waals surface area contributed by atoms with Crippen molar-refractivity contribution in [2.45, 2.75) is 9.04 Å². The fourth-order valence-corrected chi connectivity index (χ4v) is 4.79. The van der Waals surface area contributed by atoms with Crippen molar-refractivity contribution in [1.29, 1.82) is 0 Å². The summed E-state index contributed by atoms with van der Waals surface area (Å²) in [6, 6.07) is 0. The van der Waals surface area contributed by atoms with E-state index in [4.69, 9.17) is 91.4 Å². The summed E-state index contributed by atoms with van der Waals surface area (Å²) >= 11 is 41.6. The van der Waals surface area contributed by atoms with Crippen LogP contribution in [-0.2, 0) is 18.2 Å². The zero-order valence-electron chi connectivity index (χ0n) is 6.55. The molecule has 0 atom stereocenters. The molecule has 0 aromatic carbocycles. The minimum absolute atomic E-state index is 2.73. The van der Waals surface area contributed by atoms with Gasteiger partial charge in [-0.25, -0.2) is 0 Å². The van der Waals surface area contributed by atoms with Crippen LogP contribution >= 0.6 is 104 Å². The maximum Gasteiger partial charge on any atom is 0.382 e. The second-order valence-corrected chi connectivity index (χ2v) is 13.0. The second-order valence-electron chi connectivity index (χ2n) is 2.05. The van der Waals surface area contributed by atoms with E-state index in [-0.39, 0.29) is 0 Å². The van der Waals surface area contributed by atoms with Crippen molar-refractivity contribution in [1.82, 2.24) is 0 Å². The lowest BCUT2D eigenvalue weighted by atomic mass is 10.7. The third-order valence-electron chi connectivity index (χ3n) is 0.781. The third-order valence-corrected chi connectivity index (χ3v) is 4.77. The van der Waals surface area contributed by atoms with Gasteiger partial charge in [0, 0.05) is 0 Å². The molecule has 0 amide bonds. The summed E-state index contributed by atoms with van der Waals surface area (Å²) in [6.45, 7) is 0. The summed E-state index contributed by atoms with van der Waals surface area (Å²) in [5.41, 5.74) is 0. The summed E-state index contributed by atoms with van der Waals surface area (Å²) in [5.74, 6) is 0. The van der Waals surface area contributed by atoms with Gasteiger partial charge >= 0.3 is 12.1 Å². The molecular formula is C2Cl8O4P2. The molecule has 4 nitrogen and oxygen atoms in total. The highest BCUT2D eigenvalue weighted by molar-refractivity contribution is 8.05. The average molecular weight is 434 g/mol. The Morgan fingerprint density at radius 2 is 0.875 bits per heavy atom. The van der Waals surface area contributed by atoms with Gasteiger partial charge in [-0.3, -0.25) is 18.2 Å². The monoisotopic (exact) mass is 430 g/mol. The van der Waals surface area contributed by atoms with Gasteiger partial charge in [-0.2, -0.15) is 0 Å². The van der Waals surface area contributed by atoms with Crippen molar-refractivity contribution in [2.24, 2.45) is 0 Å². The van der Waals surface area contributed by atoms with Crippen LogP contribution in [0.1, 0.15) is 0 Å². The van der Waals surface area contributed by atoms with Crippen LogP contribution in [0.5, 0.6) is 0 Å². The van der Waals surface area contributed by atoms with Gasteiger partial charge in [0.15, 0.2) is 0 Å². The first kappa shape index (κ1) is 18.7. The number of halogens is 8. The summed E-state index contributed by atoms with van der Waals surface area (Å²) in [5, 5.41) is 0. The molecule has 0 bridgehead atoms. The summed E-state index contributed by atoms with van der Waals surface area (Å²) in [6.07, 6.45) is -8.39. The Kier molecular flexibility index (Phi) is 7.00. The van der Waals surface area contributed by atoms with Crippen LogP contribution in [0.3, 0.4) is 0 Å². The Bertz CT molecular complexity index is 308. The highest BCUT2D eigenvalue weighted by atomic mass is 35.9. The van der Waals surface area contributed by atoms with E-state index in [1.54, 1.807) is 0 Å². The smallest absolute Gasteiger partial charge is 0.263 e. The topological polar surface area (TPSA) is 52.6 Å². The Balaban J connectivity index is 4.99. The molecule has 16 heavy (non-hydrogen) atoms. The van der Waals surface area contributed by atoms with Crippen molar-refractivity contribution in [2.75, 3.05) is 0 Å². The van der Waals surface area contributed by atoms with Crippen LogP contribution in [0.4, 0.5) is 0 Å². The molecular weight excluding hydrogens is 434 g/mol. The number of hydrogen-bond acceptors (Lipinski definition) is 4. The zero-order valence-corrected chi connectivity index (χ0v) is 14.4. The molecule has 0 rings (SSSR count). The molecule has 0 aliphatic rings. The van der Waals surface area contributed by atoms with E-state index in [1.807, 2.05) is 0 Å². The minimum atomic E-state index is -4.19. The quantitative estimate of drug-likeness (QED) is 0.369. The van der Waals surface area contributed by atoms with Crippen LogP contribution in [0, 0.1) is 0 Å². The first-order valence-electron chi connectivity index (χ1n) is 2.82. The Morgan fingerprint density at radius 3 is 1.00 bits per heavy atom. The number of hydrogen-bond donors (Lipinski definition) is 0. The molecule has 0 N–H and O–H groups in total. The maximum atomic E-state index is 10.9. The Morgan fingerprint density at radius 1 is 0.688 bits per heavy atom. The molecule has 0 aromatic rings. The van der Waals surface area contributed by atoms with Crippen LogP contribution < -0.4 is 0 Å². The first-order valence-corrected chi connectivity index (χ1v) is 11.2. The van der Waals surface area contributed by atoms with Gasteiger partial charge < -0.3 is 0 Å². The van der Waals surface area contributed by atoms with Crippen LogP contribution in [0.25, 0.3) is 0 Å². The predicted molar refractivity (Wildman–Crippen MR) is 69.7 cm³/mol. The average Bonchev–Trinajstić information content (AvgIpc) is 1.72. The van der Waals surface area contributed by atoms with Gasteiger partial charge in [0.2, 0.25) is 0 Å². The van der Waals surface area contributed by atoms with E-state index in [9.17, 15) is 9.13 Å². The largest absolute Gasteiger partial charge is 0.382 e. The summed E-state index contributed by atoms with van der Waals surface area (Å²) < 4.78 is 24.7. The van der Waals surface area contributed by atoms with E-state index in [0.717, 1.165) is 0 Å². The Labute approximate surface area is 130 Å². The van der Waals surface area contributed by atoms with Gasteiger partial charge in [0.25, 0.3) is 9.04 Å². The summed E-state index contributed by atoms with van der Waals surface area (Å²) in [4.78, 5) is 0. The zero-order chi connectivity index (χ0) is 13.4. The van der Waals surface area contributed by atoms with Crippen LogP contribution in [0.15, 0.2) is 0 Å².